The zero-order valence-electron chi connectivity index (χ0n) is 12.0. The first kappa shape index (κ1) is 14.7. The lowest BCUT2D eigenvalue weighted by Gasteiger charge is -2.12. The van der Waals surface area contributed by atoms with Gasteiger partial charge in [-0.15, -0.1) is 0 Å². The molecule has 0 radical (unpaired) electrons. The van der Waals surface area contributed by atoms with E-state index in [0.717, 1.165) is 5.56 Å². The number of amides is 1. The zero-order chi connectivity index (χ0) is 14.5. The summed E-state index contributed by atoms with van der Waals surface area (Å²) < 4.78 is 10.4. The molecule has 1 unspecified atom stereocenters. The Morgan fingerprint density at radius 3 is 2.65 bits per heavy atom. The lowest BCUT2D eigenvalue weighted by molar-refractivity contribution is -0.120. The van der Waals surface area contributed by atoms with Crippen LogP contribution in [0.3, 0.4) is 0 Å². The highest BCUT2D eigenvalue weighted by molar-refractivity contribution is 5.78. The summed E-state index contributed by atoms with van der Waals surface area (Å²) in [4.78, 5) is 11.9. The number of carbonyl (C=O) groups excluding carboxylic acids is 1. The van der Waals surface area contributed by atoms with Gasteiger partial charge in [-0.1, -0.05) is 6.07 Å². The minimum atomic E-state index is -0.0201. The van der Waals surface area contributed by atoms with E-state index in [4.69, 9.17) is 15.2 Å². The Bertz CT molecular complexity index is 472. The molecule has 0 saturated heterocycles. The monoisotopic (exact) mass is 278 g/mol. The van der Waals surface area contributed by atoms with Gasteiger partial charge < -0.3 is 20.5 Å². The lowest BCUT2D eigenvalue weighted by atomic mass is 10.1. The van der Waals surface area contributed by atoms with Crippen LogP contribution in [0.1, 0.15) is 18.4 Å². The molecule has 0 spiro atoms. The van der Waals surface area contributed by atoms with Gasteiger partial charge in [0, 0.05) is 12.6 Å². The zero-order valence-corrected chi connectivity index (χ0v) is 12.0. The van der Waals surface area contributed by atoms with Crippen LogP contribution in [0.15, 0.2) is 18.2 Å². The molecule has 0 aromatic heterocycles. The van der Waals surface area contributed by atoms with E-state index in [2.05, 4.69) is 5.32 Å². The molecule has 1 aliphatic rings. The van der Waals surface area contributed by atoms with Crippen LogP contribution in [0.2, 0.25) is 0 Å². The van der Waals surface area contributed by atoms with E-state index in [1.54, 1.807) is 20.3 Å². The third kappa shape index (κ3) is 3.87. The summed E-state index contributed by atoms with van der Waals surface area (Å²) in [5.41, 5.74) is 6.84. The predicted molar refractivity (Wildman–Crippen MR) is 77.0 cm³/mol. The summed E-state index contributed by atoms with van der Waals surface area (Å²) in [7, 11) is 3.17. The third-order valence-corrected chi connectivity index (χ3v) is 3.58. The largest absolute Gasteiger partial charge is 0.493 e. The first-order chi connectivity index (χ1) is 9.63. The Morgan fingerprint density at radius 1 is 1.35 bits per heavy atom. The maximum Gasteiger partial charge on any atom is 0.224 e. The minimum absolute atomic E-state index is 0.0201. The van der Waals surface area contributed by atoms with Gasteiger partial charge in [0.25, 0.3) is 0 Å². The van der Waals surface area contributed by atoms with Gasteiger partial charge in [-0.2, -0.15) is 0 Å². The van der Waals surface area contributed by atoms with Gasteiger partial charge in [0.2, 0.25) is 5.91 Å². The van der Waals surface area contributed by atoms with Crippen LogP contribution < -0.4 is 20.5 Å². The van der Waals surface area contributed by atoms with Crippen molar-refractivity contribution in [3.63, 3.8) is 0 Å². The van der Waals surface area contributed by atoms with Crippen molar-refractivity contribution in [3.8, 4) is 11.5 Å². The standard InChI is InChI=1S/C15H22N2O3/c1-19-13-6-3-10(7-14(13)20-2)8-15(18)17-9-12(16)11-4-5-11/h3,6-7,11-12H,4-5,8-9,16H2,1-2H3,(H,17,18). The number of rotatable bonds is 7. The number of carbonyl (C=O) groups is 1. The number of hydrogen-bond acceptors (Lipinski definition) is 4. The summed E-state index contributed by atoms with van der Waals surface area (Å²) in [6.45, 7) is 0.552. The average Bonchev–Trinajstić information content (AvgIpc) is 3.29. The van der Waals surface area contributed by atoms with Gasteiger partial charge >= 0.3 is 0 Å². The molecule has 1 aliphatic carbocycles. The molecule has 1 aromatic carbocycles. The van der Waals surface area contributed by atoms with Crippen LogP contribution in [-0.2, 0) is 11.2 Å². The fourth-order valence-corrected chi connectivity index (χ4v) is 2.16. The summed E-state index contributed by atoms with van der Waals surface area (Å²) >= 11 is 0. The summed E-state index contributed by atoms with van der Waals surface area (Å²) in [6.07, 6.45) is 2.69. The Balaban J connectivity index is 1.86. The molecule has 1 atom stereocenters. The molecule has 0 aliphatic heterocycles. The normalized spacial score (nSPS) is 15.6. The van der Waals surface area contributed by atoms with Crippen LogP contribution >= 0.6 is 0 Å². The molecule has 0 heterocycles. The maximum atomic E-state index is 11.9. The summed E-state index contributed by atoms with van der Waals surface area (Å²) in [6, 6.07) is 5.57. The van der Waals surface area contributed by atoms with E-state index in [1.165, 1.54) is 12.8 Å². The van der Waals surface area contributed by atoms with Crippen LogP contribution in [0.4, 0.5) is 0 Å². The number of nitrogens with one attached hydrogen (secondary N) is 1. The number of benzene rings is 1. The fourth-order valence-electron chi connectivity index (χ4n) is 2.16. The van der Waals surface area contributed by atoms with E-state index in [9.17, 15) is 4.79 Å². The molecule has 3 N–H and O–H groups in total. The van der Waals surface area contributed by atoms with E-state index < -0.39 is 0 Å². The van der Waals surface area contributed by atoms with Crippen molar-refractivity contribution >= 4 is 5.91 Å². The van der Waals surface area contributed by atoms with Crippen molar-refractivity contribution in [3.05, 3.63) is 23.8 Å². The second kappa shape index (κ2) is 6.61. The number of methoxy groups -OCH3 is 2. The van der Waals surface area contributed by atoms with Crippen LogP contribution in [0, 0.1) is 5.92 Å². The highest BCUT2D eigenvalue weighted by Crippen LogP contribution is 2.31. The lowest BCUT2D eigenvalue weighted by Crippen LogP contribution is -2.39. The van der Waals surface area contributed by atoms with Crippen molar-refractivity contribution in [2.45, 2.75) is 25.3 Å². The van der Waals surface area contributed by atoms with Gasteiger partial charge in [0.15, 0.2) is 11.5 Å². The predicted octanol–water partition coefficient (Wildman–Crippen LogP) is 1.10. The van der Waals surface area contributed by atoms with Crippen LogP contribution in [0.25, 0.3) is 0 Å². The SMILES string of the molecule is COc1ccc(CC(=O)NCC(N)C2CC2)cc1OC. The molecule has 2 rings (SSSR count). The highest BCUT2D eigenvalue weighted by Gasteiger charge is 2.28. The Hall–Kier alpha value is -1.75. The first-order valence-electron chi connectivity index (χ1n) is 6.87. The van der Waals surface area contributed by atoms with Crippen LogP contribution in [0.5, 0.6) is 11.5 Å². The molecule has 5 heteroatoms. The Morgan fingerprint density at radius 2 is 2.05 bits per heavy atom. The molecule has 1 fully saturated rings. The van der Waals surface area contributed by atoms with Gasteiger partial charge in [-0.3, -0.25) is 4.79 Å². The van der Waals surface area contributed by atoms with E-state index in [-0.39, 0.29) is 11.9 Å². The molecule has 0 bridgehead atoms. The molecule has 1 aromatic rings. The van der Waals surface area contributed by atoms with E-state index >= 15 is 0 Å². The van der Waals surface area contributed by atoms with Gasteiger partial charge in [0.1, 0.15) is 0 Å². The Kier molecular flexibility index (Phi) is 4.84. The summed E-state index contributed by atoms with van der Waals surface area (Å²) in [5, 5.41) is 2.88. The van der Waals surface area contributed by atoms with Gasteiger partial charge in [-0.25, -0.2) is 0 Å². The minimum Gasteiger partial charge on any atom is -0.493 e. The van der Waals surface area contributed by atoms with Gasteiger partial charge in [0.05, 0.1) is 20.6 Å². The van der Waals surface area contributed by atoms with Crippen molar-refractivity contribution in [2.75, 3.05) is 20.8 Å². The van der Waals surface area contributed by atoms with Crippen molar-refractivity contribution in [1.82, 2.24) is 5.32 Å². The second-order valence-corrected chi connectivity index (χ2v) is 5.17. The van der Waals surface area contributed by atoms with Crippen molar-refractivity contribution in [2.24, 2.45) is 11.7 Å². The molecule has 1 saturated carbocycles. The first-order valence-corrected chi connectivity index (χ1v) is 6.87. The molecule has 5 nitrogen and oxygen atoms in total. The molecule has 1 amide bonds. The number of nitrogens with two attached hydrogens (primary N) is 1. The molecular formula is C15H22N2O3. The number of ether oxygens (including phenoxy) is 2. The average molecular weight is 278 g/mol. The van der Waals surface area contributed by atoms with Crippen molar-refractivity contribution in [1.29, 1.82) is 0 Å². The Labute approximate surface area is 119 Å². The topological polar surface area (TPSA) is 73.6 Å². The molecule has 20 heavy (non-hydrogen) atoms. The maximum absolute atomic E-state index is 11.9. The van der Waals surface area contributed by atoms with Crippen LogP contribution in [-0.4, -0.2) is 32.7 Å². The highest BCUT2D eigenvalue weighted by atomic mass is 16.5. The van der Waals surface area contributed by atoms with E-state index in [1.807, 2.05) is 12.1 Å². The molecule has 110 valence electrons. The van der Waals surface area contributed by atoms with E-state index in [0.29, 0.717) is 30.4 Å². The van der Waals surface area contributed by atoms with Crippen molar-refractivity contribution < 1.29 is 14.3 Å². The summed E-state index contributed by atoms with van der Waals surface area (Å²) in [5.74, 6) is 1.87. The molecular weight excluding hydrogens is 256 g/mol. The third-order valence-electron chi connectivity index (χ3n) is 3.58. The second-order valence-electron chi connectivity index (χ2n) is 5.17. The number of hydrogen-bond donors (Lipinski definition) is 2. The quantitative estimate of drug-likeness (QED) is 0.783. The fraction of sp³-hybridized carbons (Fsp3) is 0.533. The smallest absolute Gasteiger partial charge is 0.224 e. The van der Waals surface area contributed by atoms with Gasteiger partial charge in [-0.05, 0) is 36.5 Å².